The first kappa shape index (κ1) is 14.9. The number of rotatable bonds is 3. The molecule has 0 atom stereocenters. The average Bonchev–Trinajstić information content (AvgIpc) is 2.78. The monoisotopic (exact) mass is 244 g/mol. The normalized spacial score (nSPS) is 20.8. The zero-order chi connectivity index (χ0) is 13.7. The third-order valence-electron chi connectivity index (χ3n) is 4.24. The fraction of sp³-hybridized carbons (Fsp3) is 1.00. The topological polar surface area (TPSA) is 34.3 Å². The molecule has 0 unspecified atom stereocenters. The summed E-state index contributed by atoms with van der Waals surface area (Å²) in [7, 11) is 0. The van der Waals surface area contributed by atoms with Crippen LogP contribution in [0.2, 0.25) is 0 Å². The van der Waals surface area contributed by atoms with Crippen molar-refractivity contribution in [2.24, 2.45) is 16.2 Å². The molecule has 1 aliphatic heterocycles. The van der Waals surface area contributed by atoms with Gasteiger partial charge in [0.05, 0.1) is 11.5 Å². The summed E-state index contributed by atoms with van der Waals surface area (Å²) in [6.45, 7) is 19.4. The van der Waals surface area contributed by atoms with Gasteiger partial charge in [-0.2, -0.15) is 9.78 Å². The highest BCUT2D eigenvalue weighted by molar-refractivity contribution is 5.03. The fourth-order valence-corrected chi connectivity index (χ4v) is 2.72. The van der Waals surface area contributed by atoms with Crippen LogP contribution in [0, 0.1) is 16.2 Å². The third-order valence-corrected chi connectivity index (χ3v) is 4.24. The minimum absolute atomic E-state index is 0.00333. The minimum Gasteiger partial charge on any atom is -0.321 e. The van der Waals surface area contributed by atoms with Gasteiger partial charge in [-0.05, 0) is 24.7 Å². The highest BCUT2D eigenvalue weighted by atomic mass is 17.5. The highest BCUT2D eigenvalue weighted by Gasteiger charge is 2.73. The minimum atomic E-state index is -0.905. The Morgan fingerprint density at radius 3 is 1.35 bits per heavy atom. The predicted molar refractivity (Wildman–Crippen MR) is 68.1 cm³/mol. The van der Waals surface area contributed by atoms with Gasteiger partial charge in [-0.15, -0.1) is 0 Å². The fourth-order valence-electron chi connectivity index (χ4n) is 2.72. The largest absolute Gasteiger partial charge is 0.346 e. The lowest BCUT2D eigenvalue weighted by atomic mass is 9.54. The molecule has 1 rings (SSSR count). The van der Waals surface area contributed by atoms with Gasteiger partial charge < -0.3 is 4.74 Å². The molecular formula is C14H28O3. The molecule has 0 spiro atoms. The van der Waals surface area contributed by atoms with Crippen LogP contribution < -0.4 is 0 Å². The van der Waals surface area contributed by atoms with Crippen LogP contribution in [-0.2, 0) is 14.5 Å². The van der Waals surface area contributed by atoms with Crippen molar-refractivity contribution in [3.63, 3.8) is 0 Å². The molecule has 0 aromatic heterocycles. The van der Waals surface area contributed by atoms with Gasteiger partial charge in [0.15, 0.2) is 0 Å². The first-order valence-electron chi connectivity index (χ1n) is 6.42. The van der Waals surface area contributed by atoms with E-state index in [0.29, 0.717) is 0 Å². The van der Waals surface area contributed by atoms with E-state index in [1.807, 2.05) is 13.8 Å². The lowest BCUT2D eigenvalue weighted by molar-refractivity contribution is -0.236. The second-order valence-electron chi connectivity index (χ2n) is 7.51. The van der Waals surface area contributed by atoms with Crippen LogP contribution in [0.15, 0.2) is 0 Å². The molecule has 0 N–H and O–H groups in total. The van der Waals surface area contributed by atoms with Gasteiger partial charge >= 0.3 is 5.97 Å². The molecule has 1 aliphatic rings. The van der Waals surface area contributed by atoms with Crippen LogP contribution in [0.1, 0.15) is 62.3 Å². The predicted octanol–water partition coefficient (Wildman–Crippen LogP) is 4.13. The van der Waals surface area contributed by atoms with Crippen molar-refractivity contribution in [3.8, 4) is 0 Å². The lowest BCUT2D eigenvalue weighted by Crippen LogP contribution is -2.56. The summed E-state index contributed by atoms with van der Waals surface area (Å²) in [6, 6.07) is 0. The van der Waals surface area contributed by atoms with Gasteiger partial charge in [0.2, 0.25) is 0 Å². The Kier molecular flexibility index (Phi) is 3.46. The van der Waals surface area contributed by atoms with E-state index in [2.05, 4.69) is 48.5 Å². The molecule has 17 heavy (non-hydrogen) atoms. The van der Waals surface area contributed by atoms with Gasteiger partial charge in [0.25, 0.3) is 0 Å². The molecular weight excluding hydrogens is 216 g/mol. The van der Waals surface area contributed by atoms with Crippen LogP contribution in [0.5, 0.6) is 0 Å². The summed E-state index contributed by atoms with van der Waals surface area (Å²) in [5, 5.41) is 0. The van der Waals surface area contributed by atoms with Gasteiger partial charge in [-0.25, -0.2) is 0 Å². The average molecular weight is 244 g/mol. The van der Waals surface area contributed by atoms with Crippen molar-refractivity contribution in [3.05, 3.63) is 0 Å². The van der Waals surface area contributed by atoms with Crippen molar-refractivity contribution in [1.29, 1.82) is 0 Å². The molecule has 0 radical (unpaired) electrons. The first-order chi connectivity index (χ1) is 7.37. The molecule has 0 bridgehead atoms. The molecule has 0 aromatic carbocycles. The Morgan fingerprint density at radius 1 is 0.824 bits per heavy atom. The second kappa shape index (κ2) is 3.94. The zero-order valence-corrected chi connectivity index (χ0v) is 12.8. The van der Waals surface area contributed by atoms with Crippen LogP contribution in [-0.4, -0.2) is 12.1 Å². The third kappa shape index (κ3) is 2.25. The Hall–Kier alpha value is -0.120. The summed E-state index contributed by atoms with van der Waals surface area (Å²) >= 11 is 0. The summed E-state index contributed by atoms with van der Waals surface area (Å²) in [5.74, 6) is -0.905. The van der Waals surface area contributed by atoms with E-state index in [0.717, 1.165) is 0 Å². The van der Waals surface area contributed by atoms with Crippen LogP contribution in [0.25, 0.3) is 0 Å². The Labute approximate surface area is 106 Å². The smallest absolute Gasteiger partial charge is 0.321 e. The standard InChI is InChI=1S/C14H28O3/c1-10(2)15-14(16-17-14)13(9,11(3,4)5)12(6,7)8/h10H,1-9H3. The van der Waals surface area contributed by atoms with E-state index in [-0.39, 0.29) is 22.3 Å². The van der Waals surface area contributed by atoms with Gasteiger partial charge in [0.1, 0.15) is 0 Å². The maximum absolute atomic E-state index is 5.92. The molecule has 1 heterocycles. The van der Waals surface area contributed by atoms with Crippen molar-refractivity contribution < 1.29 is 14.5 Å². The second-order valence-corrected chi connectivity index (χ2v) is 7.51. The molecule has 0 aromatic rings. The number of hydrogen-bond acceptors (Lipinski definition) is 3. The van der Waals surface area contributed by atoms with E-state index < -0.39 is 5.97 Å². The van der Waals surface area contributed by atoms with E-state index >= 15 is 0 Å². The van der Waals surface area contributed by atoms with Crippen molar-refractivity contribution in [2.45, 2.75) is 74.4 Å². The van der Waals surface area contributed by atoms with Crippen LogP contribution >= 0.6 is 0 Å². The highest BCUT2D eigenvalue weighted by Crippen LogP contribution is 2.64. The lowest BCUT2D eigenvalue weighted by Gasteiger charge is -2.52. The van der Waals surface area contributed by atoms with Crippen molar-refractivity contribution >= 4 is 0 Å². The molecule has 1 saturated heterocycles. The maximum atomic E-state index is 5.92. The van der Waals surface area contributed by atoms with E-state index in [9.17, 15) is 0 Å². The number of ether oxygens (including phenoxy) is 1. The van der Waals surface area contributed by atoms with E-state index in [4.69, 9.17) is 14.5 Å². The van der Waals surface area contributed by atoms with E-state index in [1.165, 1.54) is 0 Å². The number of hydrogen-bond donors (Lipinski definition) is 0. The van der Waals surface area contributed by atoms with Gasteiger partial charge in [0, 0.05) is 0 Å². The molecule has 3 nitrogen and oxygen atoms in total. The Balaban J connectivity index is 3.18. The van der Waals surface area contributed by atoms with Crippen molar-refractivity contribution in [1.82, 2.24) is 0 Å². The molecule has 0 amide bonds. The molecule has 0 saturated carbocycles. The zero-order valence-electron chi connectivity index (χ0n) is 12.8. The molecule has 3 heteroatoms. The first-order valence-corrected chi connectivity index (χ1v) is 6.42. The SMILES string of the molecule is CC(C)OC1(C(C)(C(C)(C)C)C(C)(C)C)OO1. The quantitative estimate of drug-likeness (QED) is 0.553. The summed E-state index contributed by atoms with van der Waals surface area (Å²) in [4.78, 5) is 10.6. The van der Waals surface area contributed by atoms with Gasteiger partial charge in [-0.3, -0.25) is 0 Å². The summed E-state index contributed by atoms with van der Waals surface area (Å²) in [5.41, 5.74) is -0.259. The summed E-state index contributed by atoms with van der Waals surface area (Å²) < 4.78 is 5.92. The van der Waals surface area contributed by atoms with Crippen LogP contribution in [0.4, 0.5) is 0 Å². The summed E-state index contributed by atoms with van der Waals surface area (Å²) in [6.07, 6.45) is 0.0709. The van der Waals surface area contributed by atoms with E-state index in [1.54, 1.807) is 0 Å². The van der Waals surface area contributed by atoms with Gasteiger partial charge in [-0.1, -0.05) is 48.5 Å². The molecule has 0 aliphatic carbocycles. The van der Waals surface area contributed by atoms with Crippen LogP contribution in [0.3, 0.4) is 0 Å². The molecule has 1 fully saturated rings. The van der Waals surface area contributed by atoms with Crippen molar-refractivity contribution in [2.75, 3.05) is 0 Å². The Morgan fingerprint density at radius 2 is 1.18 bits per heavy atom. The molecule has 102 valence electrons. The Bertz CT molecular complexity index is 263. The maximum Gasteiger partial charge on any atom is 0.346 e.